The summed E-state index contributed by atoms with van der Waals surface area (Å²) in [5, 5.41) is 0. The van der Waals surface area contributed by atoms with Gasteiger partial charge in [-0.3, -0.25) is 0 Å². The van der Waals surface area contributed by atoms with Crippen LogP contribution in [-0.4, -0.2) is 13.7 Å². The normalized spacial score (nSPS) is 9.00. The van der Waals surface area contributed by atoms with Crippen molar-refractivity contribution in [2.45, 2.75) is 0 Å². The molecule has 1 aromatic rings. The molecule has 1 rings (SSSR count). The highest BCUT2D eigenvalue weighted by Crippen LogP contribution is 2.29. The molecule has 68 valence electrons. The van der Waals surface area contributed by atoms with E-state index in [4.69, 9.17) is 15.9 Å². The summed E-state index contributed by atoms with van der Waals surface area (Å²) in [6.07, 6.45) is 5.07. The lowest BCUT2D eigenvalue weighted by Crippen LogP contribution is -1.96. The van der Waals surface area contributed by atoms with Crippen LogP contribution < -0.4 is 9.47 Å². The van der Waals surface area contributed by atoms with Crippen LogP contribution in [0.1, 0.15) is 0 Å². The molecule has 0 aliphatic heterocycles. The first-order valence-corrected chi connectivity index (χ1v) is 4.47. The van der Waals surface area contributed by atoms with E-state index >= 15 is 0 Å². The highest BCUT2D eigenvalue weighted by molar-refractivity contribution is 9.10. The van der Waals surface area contributed by atoms with Crippen molar-refractivity contribution < 1.29 is 9.47 Å². The summed E-state index contributed by atoms with van der Waals surface area (Å²) < 4.78 is 11.3. The van der Waals surface area contributed by atoms with Crippen molar-refractivity contribution in [2.24, 2.45) is 0 Å². The topological polar surface area (TPSA) is 18.5 Å². The van der Waals surface area contributed by atoms with E-state index in [1.54, 1.807) is 13.2 Å². The maximum atomic E-state index is 5.25. The number of ether oxygens (including phenoxy) is 2. The third kappa shape index (κ3) is 2.67. The van der Waals surface area contributed by atoms with Gasteiger partial charge in [0, 0.05) is 4.47 Å². The van der Waals surface area contributed by atoms with E-state index < -0.39 is 0 Å². The molecule has 0 fully saturated rings. The number of hydrogen-bond acceptors (Lipinski definition) is 2. The Labute approximate surface area is 86.0 Å². The van der Waals surface area contributed by atoms with Crippen molar-refractivity contribution in [2.75, 3.05) is 13.7 Å². The molecular weight excluding hydrogens is 232 g/mol. The third-order valence-electron chi connectivity index (χ3n) is 1.44. The molecule has 0 bridgehead atoms. The predicted octanol–water partition coefficient (Wildman–Crippen LogP) is 2.47. The average Bonchev–Trinajstić information content (AvgIpc) is 2.16. The second kappa shape index (κ2) is 4.78. The second-order valence-electron chi connectivity index (χ2n) is 2.29. The minimum atomic E-state index is 0.248. The Morgan fingerprint density at radius 2 is 2.23 bits per heavy atom. The zero-order chi connectivity index (χ0) is 9.68. The lowest BCUT2D eigenvalue weighted by atomic mass is 10.3. The molecule has 0 spiro atoms. The Hall–Kier alpha value is -1.14. The van der Waals surface area contributed by atoms with Crippen molar-refractivity contribution >= 4 is 15.9 Å². The first-order valence-electron chi connectivity index (χ1n) is 3.67. The number of benzene rings is 1. The molecule has 0 heterocycles. The number of rotatable bonds is 3. The van der Waals surface area contributed by atoms with Crippen LogP contribution in [0.25, 0.3) is 0 Å². The first kappa shape index (κ1) is 9.94. The summed E-state index contributed by atoms with van der Waals surface area (Å²) in [5.74, 6) is 3.72. The summed E-state index contributed by atoms with van der Waals surface area (Å²) in [7, 11) is 1.59. The van der Waals surface area contributed by atoms with Gasteiger partial charge in [-0.1, -0.05) is 21.9 Å². The lowest BCUT2D eigenvalue weighted by Gasteiger charge is -2.08. The predicted molar refractivity (Wildman–Crippen MR) is 55.0 cm³/mol. The fourth-order valence-corrected chi connectivity index (χ4v) is 1.22. The summed E-state index contributed by atoms with van der Waals surface area (Å²) in [5.41, 5.74) is 0. The Balaban J connectivity index is 2.87. The van der Waals surface area contributed by atoms with Gasteiger partial charge in [-0.15, -0.1) is 6.42 Å². The molecule has 0 aliphatic rings. The molecule has 0 atom stereocenters. The van der Waals surface area contributed by atoms with Gasteiger partial charge in [0.05, 0.1) is 7.11 Å². The number of halogens is 1. The number of hydrogen-bond donors (Lipinski definition) is 0. The summed E-state index contributed by atoms with van der Waals surface area (Å²) in [6, 6.07) is 5.50. The van der Waals surface area contributed by atoms with Gasteiger partial charge < -0.3 is 9.47 Å². The minimum absolute atomic E-state index is 0.248. The monoisotopic (exact) mass is 240 g/mol. The smallest absolute Gasteiger partial charge is 0.162 e. The molecule has 0 amide bonds. The molecular formula is C10H9BrO2. The van der Waals surface area contributed by atoms with E-state index in [2.05, 4.69) is 21.9 Å². The van der Waals surface area contributed by atoms with Gasteiger partial charge in [-0.2, -0.15) is 0 Å². The number of terminal acetylenes is 1. The van der Waals surface area contributed by atoms with Gasteiger partial charge in [0.15, 0.2) is 11.5 Å². The van der Waals surface area contributed by atoms with Gasteiger partial charge in [-0.25, -0.2) is 0 Å². The SMILES string of the molecule is C#CCOc1ccc(Br)cc1OC. The van der Waals surface area contributed by atoms with E-state index in [0.717, 1.165) is 4.47 Å². The van der Waals surface area contributed by atoms with E-state index in [-0.39, 0.29) is 6.61 Å². The molecule has 3 heteroatoms. The fraction of sp³-hybridized carbons (Fsp3) is 0.200. The Kier molecular flexibility index (Phi) is 3.66. The molecule has 0 radical (unpaired) electrons. The highest BCUT2D eigenvalue weighted by atomic mass is 79.9. The van der Waals surface area contributed by atoms with Gasteiger partial charge >= 0.3 is 0 Å². The molecule has 2 nitrogen and oxygen atoms in total. The maximum Gasteiger partial charge on any atom is 0.162 e. The third-order valence-corrected chi connectivity index (χ3v) is 1.93. The largest absolute Gasteiger partial charge is 0.493 e. The van der Waals surface area contributed by atoms with Crippen molar-refractivity contribution in [3.05, 3.63) is 22.7 Å². The van der Waals surface area contributed by atoms with Gasteiger partial charge in [0.25, 0.3) is 0 Å². The van der Waals surface area contributed by atoms with Crippen LogP contribution >= 0.6 is 15.9 Å². The van der Waals surface area contributed by atoms with E-state index in [0.29, 0.717) is 11.5 Å². The van der Waals surface area contributed by atoms with Crippen LogP contribution in [0.2, 0.25) is 0 Å². The molecule has 0 N–H and O–H groups in total. The summed E-state index contributed by atoms with van der Waals surface area (Å²) in [6.45, 7) is 0.248. The van der Waals surface area contributed by atoms with Gasteiger partial charge in [0.1, 0.15) is 6.61 Å². The second-order valence-corrected chi connectivity index (χ2v) is 3.20. The standard InChI is InChI=1S/C10H9BrO2/c1-3-6-13-9-5-4-8(11)7-10(9)12-2/h1,4-5,7H,6H2,2H3. The molecule has 1 aromatic carbocycles. The molecule has 0 saturated carbocycles. The quantitative estimate of drug-likeness (QED) is 0.757. The molecule has 0 saturated heterocycles. The van der Waals surface area contributed by atoms with Crippen LogP contribution in [0, 0.1) is 12.3 Å². The fourth-order valence-electron chi connectivity index (χ4n) is 0.880. The number of methoxy groups -OCH3 is 1. The summed E-state index contributed by atoms with van der Waals surface area (Å²) >= 11 is 3.33. The van der Waals surface area contributed by atoms with Crippen molar-refractivity contribution in [3.63, 3.8) is 0 Å². The van der Waals surface area contributed by atoms with Crippen LogP contribution in [0.3, 0.4) is 0 Å². The van der Waals surface area contributed by atoms with Crippen molar-refractivity contribution in [3.8, 4) is 23.8 Å². The molecule has 0 aliphatic carbocycles. The Morgan fingerprint density at radius 1 is 1.46 bits per heavy atom. The van der Waals surface area contributed by atoms with Crippen LogP contribution in [0.5, 0.6) is 11.5 Å². The van der Waals surface area contributed by atoms with Gasteiger partial charge in [0.2, 0.25) is 0 Å². The van der Waals surface area contributed by atoms with E-state index in [1.165, 1.54) is 0 Å². The van der Waals surface area contributed by atoms with Crippen molar-refractivity contribution in [1.82, 2.24) is 0 Å². The zero-order valence-electron chi connectivity index (χ0n) is 7.21. The maximum absolute atomic E-state index is 5.25. The van der Waals surface area contributed by atoms with E-state index in [9.17, 15) is 0 Å². The highest BCUT2D eigenvalue weighted by Gasteiger charge is 2.03. The molecule has 0 aromatic heterocycles. The Bertz CT molecular complexity index is 328. The van der Waals surface area contributed by atoms with Crippen molar-refractivity contribution in [1.29, 1.82) is 0 Å². The average molecular weight is 241 g/mol. The molecule has 0 unspecified atom stereocenters. The Morgan fingerprint density at radius 3 is 2.85 bits per heavy atom. The molecule has 13 heavy (non-hydrogen) atoms. The summed E-state index contributed by atoms with van der Waals surface area (Å²) in [4.78, 5) is 0. The first-order chi connectivity index (χ1) is 6.27. The van der Waals surface area contributed by atoms with Crippen LogP contribution in [0.15, 0.2) is 22.7 Å². The van der Waals surface area contributed by atoms with E-state index in [1.807, 2.05) is 12.1 Å². The van der Waals surface area contributed by atoms with Crippen LogP contribution in [0.4, 0.5) is 0 Å². The zero-order valence-corrected chi connectivity index (χ0v) is 8.80. The lowest BCUT2D eigenvalue weighted by molar-refractivity contribution is 0.331. The van der Waals surface area contributed by atoms with Gasteiger partial charge in [-0.05, 0) is 18.2 Å². The minimum Gasteiger partial charge on any atom is -0.493 e. The van der Waals surface area contributed by atoms with Crippen LogP contribution in [-0.2, 0) is 0 Å².